The van der Waals surface area contributed by atoms with Crippen molar-refractivity contribution in [2.75, 3.05) is 38.7 Å². The number of aromatic nitrogens is 6. The predicted molar refractivity (Wildman–Crippen MR) is 123 cm³/mol. The van der Waals surface area contributed by atoms with Crippen LogP contribution in [-0.4, -0.2) is 91.3 Å². The van der Waals surface area contributed by atoms with Crippen molar-refractivity contribution in [2.45, 2.75) is 31.4 Å². The molecule has 0 bridgehead atoms. The van der Waals surface area contributed by atoms with Crippen LogP contribution >= 0.6 is 0 Å². The number of nitrogens with zero attached hydrogens (tertiary/aromatic N) is 7. The highest BCUT2D eigenvalue weighted by molar-refractivity contribution is 5.89. The van der Waals surface area contributed by atoms with Crippen LogP contribution in [0.25, 0.3) is 27.7 Å². The topological polar surface area (TPSA) is 106 Å². The van der Waals surface area contributed by atoms with Crippen molar-refractivity contribution in [2.24, 2.45) is 0 Å². The zero-order valence-electron chi connectivity index (χ0n) is 19.3. The van der Waals surface area contributed by atoms with E-state index in [-0.39, 0.29) is 31.4 Å². The number of hydrogen-bond acceptors (Lipinski definition) is 8. The number of halogens is 4. The molecule has 14 heteroatoms. The van der Waals surface area contributed by atoms with Crippen LogP contribution in [0.3, 0.4) is 0 Å². The van der Waals surface area contributed by atoms with Crippen LogP contribution in [0.15, 0.2) is 30.5 Å². The summed E-state index contributed by atoms with van der Waals surface area (Å²) in [6.07, 6.45) is -0.794. The molecule has 0 radical (unpaired) electrons. The Bertz CT molecular complexity index is 1380. The Labute approximate surface area is 202 Å². The second kappa shape index (κ2) is 9.50. The molecule has 192 valence electrons. The van der Waals surface area contributed by atoms with Crippen LogP contribution in [0.2, 0.25) is 0 Å². The fourth-order valence-electron chi connectivity index (χ4n) is 4.50. The fourth-order valence-corrected chi connectivity index (χ4v) is 4.50. The second-order valence-electron chi connectivity index (χ2n) is 8.58. The number of benzene rings is 1. The minimum Gasteiger partial charge on any atom is -0.479 e. The summed E-state index contributed by atoms with van der Waals surface area (Å²) in [4.78, 5) is 5.84. The molecule has 3 aromatic heterocycles. The van der Waals surface area contributed by atoms with Crippen molar-refractivity contribution in [3.05, 3.63) is 30.5 Å². The molecule has 0 saturated carbocycles. The summed E-state index contributed by atoms with van der Waals surface area (Å²) in [6, 6.07) is 5.71. The quantitative estimate of drug-likeness (QED) is 0.350. The summed E-state index contributed by atoms with van der Waals surface area (Å²) in [6.45, 7) is -0.645. The second-order valence-corrected chi connectivity index (χ2v) is 8.58. The number of methoxy groups -OCH3 is 1. The smallest absolute Gasteiger partial charge is 0.280 e. The van der Waals surface area contributed by atoms with Crippen molar-refractivity contribution >= 4 is 22.5 Å². The molecule has 1 fully saturated rings. The molecule has 4 heterocycles. The van der Waals surface area contributed by atoms with Gasteiger partial charge in [0.1, 0.15) is 17.6 Å². The third-order valence-corrected chi connectivity index (χ3v) is 6.21. The number of anilines is 1. The number of ether oxygens (including phenoxy) is 1. The van der Waals surface area contributed by atoms with E-state index in [1.807, 2.05) is 0 Å². The van der Waals surface area contributed by atoms with Crippen molar-refractivity contribution in [1.82, 2.24) is 34.5 Å². The Balaban J connectivity index is 1.47. The van der Waals surface area contributed by atoms with Gasteiger partial charge in [-0.1, -0.05) is 11.3 Å². The van der Waals surface area contributed by atoms with Gasteiger partial charge in [0.05, 0.1) is 31.8 Å². The minimum absolute atomic E-state index is 0.0172. The number of fused-ring (bicyclic) bond motifs is 2. The average Bonchev–Trinajstić information content (AvgIpc) is 3.44. The SMILES string of the molecule is COc1nc(N[C@@H]2CCN(CCO)CC2(F)F)nn2ccc(-c3ccc4nnn(CC(F)F)c4c3)c12. The normalized spacial score (nSPS) is 18.4. The summed E-state index contributed by atoms with van der Waals surface area (Å²) in [5.74, 6) is -2.91. The van der Waals surface area contributed by atoms with Gasteiger partial charge < -0.3 is 15.2 Å². The zero-order chi connectivity index (χ0) is 25.4. The third-order valence-electron chi connectivity index (χ3n) is 6.21. The lowest BCUT2D eigenvalue weighted by Crippen LogP contribution is -2.55. The number of β-amino-alcohol motifs (C(OH)–C–C–N with tert-alkyl or cyclic N) is 1. The van der Waals surface area contributed by atoms with E-state index in [0.29, 0.717) is 34.2 Å². The molecule has 5 rings (SSSR count). The Morgan fingerprint density at radius 1 is 1.28 bits per heavy atom. The Morgan fingerprint density at radius 2 is 2.11 bits per heavy atom. The fraction of sp³-hybridized carbons (Fsp3) is 0.455. The molecule has 4 aromatic rings. The lowest BCUT2D eigenvalue weighted by Gasteiger charge is -2.38. The molecule has 1 aliphatic rings. The van der Waals surface area contributed by atoms with Crippen LogP contribution in [-0.2, 0) is 6.54 Å². The first-order chi connectivity index (χ1) is 17.3. The maximum Gasteiger partial charge on any atom is 0.280 e. The first-order valence-electron chi connectivity index (χ1n) is 11.3. The largest absolute Gasteiger partial charge is 0.479 e. The molecule has 2 N–H and O–H groups in total. The minimum atomic E-state index is -3.05. The van der Waals surface area contributed by atoms with E-state index < -0.39 is 31.5 Å². The van der Waals surface area contributed by atoms with E-state index in [1.165, 1.54) is 16.5 Å². The van der Waals surface area contributed by atoms with Gasteiger partial charge in [-0.2, -0.15) is 4.98 Å². The maximum absolute atomic E-state index is 14.7. The number of aliphatic hydroxyl groups excluding tert-OH is 1. The molecule has 0 amide bonds. The number of piperidine rings is 1. The Hall–Kier alpha value is -3.52. The van der Waals surface area contributed by atoms with Crippen LogP contribution in [0.5, 0.6) is 5.88 Å². The van der Waals surface area contributed by atoms with E-state index in [1.54, 1.807) is 30.5 Å². The summed E-state index contributed by atoms with van der Waals surface area (Å²) < 4.78 is 63.4. The summed E-state index contributed by atoms with van der Waals surface area (Å²) in [5, 5.41) is 23.9. The van der Waals surface area contributed by atoms with E-state index in [4.69, 9.17) is 9.84 Å². The van der Waals surface area contributed by atoms with Gasteiger partial charge >= 0.3 is 0 Å². The van der Waals surface area contributed by atoms with E-state index in [0.717, 1.165) is 4.68 Å². The van der Waals surface area contributed by atoms with Crippen LogP contribution < -0.4 is 10.1 Å². The summed E-state index contributed by atoms with van der Waals surface area (Å²) in [7, 11) is 1.41. The van der Waals surface area contributed by atoms with Crippen molar-refractivity contribution in [3.8, 4) is 17.0 Å². The van der Waals surface area contributed by atoms with Gasteiger partial charge in [0.2, 0.25) is 11.8 Å². The first-order valence-corrected chi connectivity index (χ1v) is 11.3. The third kappa shape index (κ3) is 4.53. The molecule has 36 heavy (non-hydrogen) atoms. The Morgan fingerprint density at radius 3 is 2.83 bits per heavy atom. The molecule has 1 aliphatic heterocycles. The molecule has 10 nitrogen and oxygen atoms in total. The maximum atomic E-state index is 14.7. The number of likely N-dealkylation sites (tertiary alicyclic amines) is 1. The molecular formula is C22H24F4N8O2. The average molecular weight is 508 g/mol. The number of aliphatic hydroxyl groups is 1. The highest BCUT2D eigenvalue weighted by Crippen LogP contribution is 2.34. The van der Waals surface area contributed by atoms with Gasteiger partial charge in [0.15, 0.2) is 0 Å². The molecule has 0 aliphatic carbocycles. The van der Waals surface area contributed by atoms with Gasteiger partial charge in [-0.05, 0) is 30.2 Å². The molecular weight excluding hydrogens is 484 g/mol. The molecule has 1 saturated heterocycles. The number of hydrogen-bond donors (Lipinski definition) is 2. The molecule has 0 spiro atoms. The standard InChI is InChI=1S/C22H24F4N8O2/c1-36-20-19-14(13-2-3-15-16(10-13)34(31-29-15)11-18(23)24)4-7-33(19)30-21(28-20)27-17-5-6-32(8-9-35)12-22(17,25)26/h2-4,7,10,17-18,35H,5-6,8-9,11-12H2,1H3,(H,27,30)/t17-/m1/s1. The van der Waals surface area contributed by atoms with Crippen LogP contribution in [0.1, 0.15) is 6.42 Å². The molecule has 1 aromatic carbocycles. The van der Waals surface area contributed by atoms with Gasteiger partial charge in [-0.3, -0.25) is 4.90 Å². The highest BCUT2D eigenvalue weighted by Gasteiger charge is 2.45. The van der Waals surface area contributed by atoms with E-state index in [2.05, 4.69) is 25.7 Å². The molecule has 0 unspecified atom stereocenters. The van der Waals surface area contributed by atoms with Gasteiger partial charge in [-0.15, -0.1) is 10.2 Å². The van der Waals surface area contributed by atoms with E-state index >= 15 is 0 Å². The lowest BCUT2D eigenvalue weighted by molar-refractivity contribution is -0.0760. The predicted octanol–water partition coefficient (Wildman–Crippen LogP) is 2.53. The summed E-state index contributed by atoms with van der Waals surface area (Å²) in [5.41, 5.74) is 2.74. The monoisotopic (exact) mass is 508 g/mol. The van der Waals surface area contributed by atoms with Gasteiger partial charge in [0.25, 0.3) is 12.3 Å². The lowest BCUT2D eigenvalue weighted by atomic mass is 10.0. The first kappa shape index (κ1) is 24.2. The zero-order valence-corrected chi connectivity index (χ0v) is 19.3. The van der Waals surface area contributed by atoms with Crippen molar-refractivity contribution in [3.63, 3.8) is 0 Å². The van der Waals surface area contributed by atoms with Crippen molar-refractivity contribution in [1.29, 1.82) is 0 Å². The van der Waals surface area contributed by atoms with E-state index in [9.17, 15) is 17.6 Å². The van der Waals surface area contributed by atoms with Crippen molar-refractivity contribution < 1.29 is 27.4 Å². The van der Waals surface area contributed by atoms with Gasteiger partial charge in [0, 0.05) is 24.8 Å². The van der Waals surface area contributed by atoms with Crippen LogP contribution in [0.4, 0.5) is 23.5 Å². The number of rotatable bonds is 8. The number of alkyl halides is 4. The summed E-state index contributed by atoms with van der Waals surface area (Å²) >= 11 is 0. The molecule has 1 atom stereocenters. The highest BCUT2D eigenvalue weighted by atomic mass is 19.3. The van der Waals surface area contributed by atoms with Gasteiger partial charge in [-0.25, -0.2) is 26.8 Å². The Kier molecular flexibility index (Phi) is 6.38. The van der Waals surface area contributed by atoms with Crippen LogP contribution in [0, 0.1) is 0 Å². The number of nitrogens with one attached hydrogen (secondary N) is 1.